The van der Waals surface area contributed by atoms with E-state index in [4.69, 9.17) is 10.00 Å². The van der Waals surface area contributed by atoms with Gasteiger partial charge in [0.1, 0.15) is 12.7 Å². The smallest absolute Gasteiger partial charge is 0.270 e. The Bertz CT molecular complexity index is 534. The molecule has 1 aromatic carbocycles. The van der Waals surface area contributed by atoms with Gasteiger partial charge in [-0.2, -0.15) is 5.26 Å². The average molecular weight is 263 g/mol. The SMILES string of the molecule is CC(C)OCC(=O)Nc1ccc([N+](=O)[O-])cc1C#N. The molecule has 0 fully saturated rings. The number of rotatable bonds is 5. The maximum absolute atomic E-state index is 11.5. The first-order valence-corrected chi connectivity index (χ1v) is 5.54. The van der Waals surface area contributed by atoms with Crippen molar-refractivity contribution in [1.29, 1.82) is 5.26 Å². The van der Waals surface area contributed by atoms with Gasteiger partial charge in [0.2, 0.25) is 5.91 Å². The van der Waals surface area contributed by atoms with Crippen LogP contribution in [0.1, 0.15) is 19.4 Å². The number of ether oxygens (including phenoxy) is 1. The summed E-state index contributed by atoms with van der Waals surface area (Å²) < 4.78 is 5.11. The fraction of sp³-hybridized carbons (Fsp3) is 0.333. The lowest BCUT2D eigenvalue weighted by molar-refractivity contribution is -0.384. The third-order valence-corrected chi connectivity index (χ3v) is 2.16. The van der Waals surface area contributed by atoms with Crippen molar-refractivity contribution in [3.8, 4) is 6.07 Å². The largest absolute Gasteiger partial charge is 0.369 e. The predicted molar refractivity (Wildman–Crippen MR) is 67.5 cm³/mol. The van der Waals surface area contributed by atoms with Gasteiger partial charge in [0.05, 0.1) is 22.3 Å². The highest BCUT2D eigenvalue weighted by atomic mass is 16.6. The molecule has 0 aliphatic heterocycles. The minimum atomic E-state index is -0.603. The van der Waals surface area contributed by atoms with E-state index in [2.05, 4.69) is 5.32 Å². The van der Waals surface area contributed by atoms with Crippen LogP contribution >= 0.6 is 0 Å². The number of hydrogen-bond acceptors (Lipinski definition) is 5. The molecule has 1 aromatic rings. The summed E-state index contributed by atoms with van der Waals surface area (Å²) in [6, 6.07) is 5.46. The van der Waals surface area contributed by atoms with Crippen molar-refractivity contribution in [2.45, 2.75) is 20.0 Å². The number of hydrogen-bond donors (Lipinski definition) is 1. The van der Waals surface area contributed by atoms with E-state index in [1.807, 2.05) is 0 Å². The molecule has 1 N–H and O–H groups in total. The van der Waals surface area contributed by atoms with E-state index in [0.29, 0.717) is 0 Å². The van der Waals surface area contributed by atoms with Gasteiger partial charge >= 0.3 is 0 Å². The Balaban J connectivity index is 2.81. The van der Waals surface area contributed by atoms with Gasteiger partial charge < -0.3 is 10.1 Å². The summed E-state index contributed by atoms with van der Waals surface area (Å²) >= 11 is 0. The number of carbonyl (C=O) groups excluding carboxylic acids is 1. The molecule has 100 valence electrons. The number of nitriles is 1. The summed E-state index contributed by atoms with van der Waals surface area (Å²) in [6.45, 7) is 3.44. The van der Waals surface area contributed by atoms with E-state index in [-0.39, 0.29) is 29.6 Å². The van der Waals surface area contributed by atoms with E-state index < -0.39 is 10.8 Å². The number of nitro benzene ring substituents is 1. The van der Waals surface area contributed by atoms with Crippen LogP contribution in [0.15, 0.2) is 18.2 Å². The number of nitrogens with zero attached hydrogens (tertiary/aromatic N) is 2. The van der Waals surface area contributed by atoms with Crippen LogP contribution in [0.2, 0.25) is 0 Å². The first kappa shape index (κ1) is 14.6. The number of benzene rings is 1. The normalized spacial score (nSPS) is 10.0. The molecule has 7 heteroatoms. The van der Waals surface area contributed by atoms with Crippen molar-refractivity contribution in [3.05, 3.63) is 33.9 Å². The highest BCUT2D eigenvalue weighted by Crippen LogP contribution is 2.21. The molecule has 0 unspecified atom stereocenters. The first-order chi connectivity index (χ1) is 8.93. The van der Waals surface area contributed by atoms with Gasteiger partial charge in [0.25, 0.3) is 5.69 Å². The molecule has 0 spiro atoms. The quantitative estimate of drug-likeness (QED) is 0.644. The Kier molecular flexibility index (Phi) is 4.97. The van der Waals surface area contributed by atoms with Crippen LogP contribution in [0.4, 0.5) is 11.4 Å². The van der Waals surface area contributed by atoms with Gasteiger partial charge in [-0.15, -0.1) is 0 Å². The van der Waals surface area contributed by atoms with Gasteiger partial charge in [0.15, 0.2) is 0 Å². The molecule has 0 radical (unpaired) electrons. The summed E-state index contributed by atoms with van der Waals surface area (Å²) in [4.78, 5) is 21.5. The van der Waals surface area contributed by atoms with Crippen LogP contribution < -0.4 is 5.32 Å². The monoisotopic (exact) mass is 263 g/mol. The van der Waals surface area contributed by atoms with Gasteiger partial charge in [-0.1, -0.05) is 0 Å². The zero-order chi connectivity index (χ0) is 14.4. The van der Waals surface area contributed by atoms with E-state index in [1.165, 1.54) is 12.1 Å². The number of anilines is 1. The van der Waals surface area contributed by atoms with Gasteiger partial charge in [0, 0.05) is 12.1 Å². The third kappa shape index (κ3) is 4.37. The maximum Gasteiger partial charge on any atom is 0.270 e. The molecule has 0 heterocycles. The Hall–Kier alpha value is -2.46. The molecule has 19 heavy (non-hydrogen) atoms. The Morgan fingerprint density at radius 1 is 1.58 bits per heavy atom. The minimum absolute atomic E-state index is 0.0343. The van der Waals surface area contributed by atoms with Gasteiger partial charge in [-0.25, -0.2) is 0 Å². The molecule has 0 aliphatic carbocycles. The lowest BCUT2D eigenvalue weighted by Crippen LogP contribution is -2.21. The standard InChI is InChI=1S/C12H13N3O4/c1-8(2)19-7-12(16)14-11-4-3-10(15(17)18)5-9(11)6-13/h3-5,8H,7H2,1-2H3,(H,14,16). The molecule has 0 bridgehead atoms. The topological polar surface area (TPSA) is 105 Å². The van der Waals surface area contributed by atoms with E-state index in [9.17, 15) is 14.9 Å². The van der Waals surface area contributed by atoms with Crippen molar-refractivity contribution in [2.24, 2.45) is 0 Å². The van der Waals surface area contributed by atoms with Crippen LogP contribution in [0.5, 0.6) is 0 Å². The summed E-state index contributed by atoms with van der Waals surface area (Å²) in [5.74, 6) is -0.418. The molecular weight excluding hydrogens is 250 g/mol. The minimum Gasteiger partial charge on any atom is -0.369 e. The van der Waals surface area contributed by atoms with Crippen molar-refractivity contribution < 1.29 is 14.5 Å². The number of nitrogens with one attached hydrogen (secondary N) is 1. The third-order valence-electron chi connectivity index (χ3n) is 2.16. The summed E-state index contributed by atoms with van der Waals surface area (Å²) in [5, 5.41) is 21.9. The first-order valence-electron chi connectivity index (χ1n) is 5.54. The number of carbonyl (C=O) groups is 1. The zero-order valence-electron chi connectivity index (χ0n) is 10.5. The lowest BCUT2D eigenvalue weighted by atomic mass is 10.1. The van der Waals surface area contributed by atoms with Crippen LogP contribution in [0.3, 0.4) is 0 Å². The fourth-order valence-electron chi connectivity index (χ4n) is 1.28. The van der Waals surface area contributed by atoms with Crippen molar-refractivity contribution in [1.82, 2.24) is 0 Å². The summed E-state index contributed by atoms with van der Waals surface area (Å²) in [7, 11) is 0. The second kappa shape index (κ2) is 6.47. The number of nitro groups is 1. The van der Waals surface area contributed by atoms with Crippen LogP contribution in [-0.4, -0.2) is 23.5 Å². The Morgan fingerprint density at radius 2 is 2.26 bits per heavy atom. The van der Waals surface area contributed by atoms with Crippen LogP contribution in [0, 0.1) is 21.4 Å². The van der Waals surface area contributed by atoms with E-state index in [1.54, 1.807) is 19.9 Å². The molecule has 0 saturated carbocycles. The van der Waals surface area contributed by atoms with Crippen LogP contribution in [-0.2, 0) is 9.53 Å². The van der Waals surface area contributed by atoms with Crippen molar-refractivity contribution >= 4 is 17.3 Å². The Morgan fingerprint density at radius 3 is 2.79 bits per heavy atom. The predicted octanol–water partition coefficient (Wildman–Crippen LogP) is 1.83. The van der Waals surface area contributed by atoms with E-state index >= 15 is 0 Å². The highest BCUT2D eigenvalue weighted by Gasteiger charge is 2.12. The molecule has 0 saturated heterocycles. The molecule has 1 amide bonds. The van der Waals surface area contributed by atoms with Gasteiger partial charge in [-0.3, -0.25) is 14.9 Å². The summed E-state index contributed by atoms with van der Waals surface area (Å²) in [6.07, 6.45) is -0.0851. The average Bonchev–Trinajstić information content (AvgIpc) is 2.36. The zero-order valence-corrected chi connectivity index (χ0v) is 10.5. The molecule has 1 rings (SSSR count). The second-order valence-electron chi connectivity index (χ2n) is 4.01. The maximum atomic E-state index is 11.5. The molecular formula is C12H13N3O4. The van der Waals surface area contributed by atoms with Crippen molar-refractivity contribution in [2.75, 3.05) is 11.9 Å². The molecule has 0 aliphatic rings. The van der Waals surface area contributed by atoms with Gasteiger partial charge in [-0.05, 0) is 19.9 Å². The number of non-ortho nitro benzene ring substituents is 1. The Labute approximate surface area is 109 Å². The highest BCUT2D eigenvalue weighted by molar-refractivity contribution is 5.93. The molecule has 0 atom stereocenters. The fourth-order valence-corrected chi connectivity index (χ4v) is 1.28. The number of amides is 1. The molecule has 7 nitrogen and oxygen atoms in total. The van der Waals surface area contributed by atoms with Crippen molar-refractivity contribution in [3.63, 3.8) is 0 Å². The van der Waals surface area contributed by atoms with E-state index in [0.717, 1.165) is 6.07 Å². The summed E-state index contributed by atoms with van der Waals surface area (Å²) in [5.41, 5.74) is 0.0607. The molecule has 0 aromatic heterocycles. The second-order valence-corrected chi connectivity index (χ2v) is 4.01. The lowest BCUT2D eigenvalue weighted by Gasteiger charge is -2.09. The van der Waals surface area contributed by atoms with Crippen LogP contribution in [0.25, 0.3) is 0 Å².